The van der Waals surface area contributed by atoms with E-state index in [9.17, 15) is 4.79 Å². The van der Waals surface area contributed by atoms with Crippen LogP contribution in [-0.4, -0.2) is 42.9 Å². The van der Waals surface area contributed by atoms with Crippen LogP contribution in [0.5, 0.6) is 0 Å². The van der Waals surface area contributed by atoms with Crippen molar-refractivity contribution in [1.82, 2.24) is 10.2 Å². The number of nitrogens with one attached hydrogen (secondary N) is 1. The molecule has 3 N–H and O–H groups in total. The Morgan fingerprint density at radius 2 is 2.00 bits per heavy atom. The van der Waals surface area contributed by atoms with E-state index in [2.05, 4.69) is 49.2 Å². The molecule has 1 aliphatic heterocycles. The van der Waals surface area contributed by atoms with Crippen LogP contribution >= 0.6 is 24.0 Å². The van der Waals surface area contributed by atoms with Crippen molar-refractivity contribution in [1.29, 1.82) is 0 Å². The van der Waals surface area contributed by atoms with Crippen molar-refractivity contribution in [2.45, 2.75) is 46.5 Å². The summed E-state index contributed by atoms with van der Waals surface area (Å²) >= 11 is 0. The predicted molar refractivity (Wildman–Crippen MR) is 119 cm³/mol. The summed E-state index contributed by atoms with van der Waals surface area (Å²) in [5, 5.41) is 3.39. The Kier molecular flexibility index (Phi) is 9.98. The minimum atomic E-state index is -0.205. The van der Waals surface area contributed by atoms with Crippen LogP contribution in [0.15, 0.2) is 23.2 Å². The average molecular weight is 472 g/mol. The minimum Gasteiger partial charge on any atom is -0.370 e. The lowest BCUT2D eigenvalue weighted by atomic mass is 9.95. The van der Waals surface area contributed by atoms with E-state index in [1.807, 2.05) is 0 Å². The molecule has 5 nitrogen and oxygen atoms in total. The van der Waals surface area contributed by atoms with Gasteiger partial charge in [-0.15, -0.1) is 24.0 Å². The Morgan fingerprint density at radius 1 is 1.31 bits per heavy atom. The molecular weight excluding hydrogens is 439 g/mol. The number of likely N-dealkylation sites (tertiary alicyclic amines) is 1. The van der Waals surface area contributed by atoms with Crippen molar-refractivity contribution < 1.29 is 4.79 Å². The number of amides is 1. The number of carbonyl (C=O) groups excluding carboxylic acids is 1. The van der Waals surface area contributed by atoms with Crippen molar-refractivity contribution in [3.8, 4) is 0 Å². The van der Waals surface area contributed by atoms with Gasteiger partial charge in [0.25, 0.3) is 0 Å². The largest absolute Gasteiger partial charge is 0.370 e. The maximum atomic E-state index is 11.2. The first-order valence-corrected chi connectivity index (χ1v) is 9.36. The van der Waals surface area contributed by atoms with Crippen molar-refractivity contribution in [2.24, 2.45) is 16.6 Å². The molecule has 1 aliphatic rings. The fourth-order valence-electron chi connectivity index (χ4n) is 3.64. The fraction of sp³-hybridized carbons (Fsp3) is 0.600. The lowest BCUT2D eigenvalue weighted by molar-refractivity contribution is -0.119. The molecule has 26 heavy (non-hydrogen) atoms. The van der Waals surface area contributed by atoms with Gasteiger partial charge in [0, 0.05) is 32.6 Å². The lowest BCUT2D eigenvalue weighted by Gasteiger charge is -2.34. The number of nitrogens with zero attached hydrogens (tertiary/aromatic N) is 2. The standard InChI is InChI=1S/C20H32N4O.HI/c1-4-22-20(24-9-5-6-18(14-24)13-19(21)25)23-8-7-17-11-15(2)10-16(3)12-17;/h10-12,18H,4-9,13-14H2,1-3H3,(H2,21,25)(H,22,23);1H. The fourth-order valence-corrected chi connectivity index (χ4v) is 3.64. The summed E-state index contributed by atoms with van der Waals surface area (Å²) in [7, 11) is 0. The van der Waals surface area contributed by atoms with E-state index in [4.69, 9.17) is 10.7 Å². The van der Waals surface area contributed by atoms with Gasteiger partial charge >= 0.3 is 0 Å². The number of carbonyl (C=O) groups is 1. The molecule has 0 bridgehead atoms. The maximum Gasteiger partial charge on any atom is 0.217 e. The average Bonchev–Trinajstić information content (AvgIpc) is 2.53. The lowest BCUT2D eigenvalue weighted by Crippen LogP contribution is -2.47. The van der Waals surface area contributed by atoms with E-state index >= 15 is 0 Å². The highest BCUT2D eigenvalue weighted by atomic mass is 127. The first kappa shape index (κ1) is 22.7. The molecule has 6 heteroatoms. The molecule has 1 aromatic rings. The van der Waals surface area contributed by atoms with Crippen LogP contribution in [0.2, 0.25) is 0 Å². The molecule has 0 aromatic heterocycles. The normalized spacial score (nSPS) is 17.6. The van der Waals surface area contributed by atoms with Gasteiger partial charge in [-0.05, 0) is 51.5 Å². The van der Waals surface area contributed by atoms with Crippen LogP contribution in [-0.2, 0) is 11.2 Å². The van der Waals surface area contributed by atoms with Gasteiger partial charge in [-0.3, -0.25) is 9.79 Å². The van der Waals surface area contributed by atoms with Gasteiger partial charge < -0.3 is 16.0 Å². The molecule has 1 aromatic carbocycles. The number of guanidine groups is 1. The van der Waals surface area contributed by atoms with Gasteiger partial charge in [-0.2, -0.15) is 0 Å². The van der Waals surface area contributed by atoms with E-state index in [1.165, 1.54) is 16.7 Å². The Morgan fingerprint density at radius 3 is 2.62 bits per heavy atom. The number of rotatable bonds is 6. The smallest absolute Gasteiger partial charge is 0.217 e. The molecule has 1 amide bonds. The zero-order chi connectivity index (χ0) is 18.2. The third-order valence-corrected chi connectivity index (χ3v) is 4.59. The number of hydrogen-bond acceptors (Lipinski definition) is 2. The zero-order valence-electron chi connectivity index (χ0n) is 16.3. The molecule has 1 saturated heterocycles. The topological polar surface area (TPSA) is 70.7 Å². The molecule has 0 spiro atoms. The zero-order valence-corrected chi connectivity index (χ0v) is 18.6. The van der Waals surface area contributed by atoms with Gasteiger partial charge in [-0.1, -0.05) is 29.3 Å². The van der Waals surface area contributed by atoms with Gasteiger partial charge in [0.1, 0.15) is 0 Å². The molecular formula is C20H33IN4O. The van der Waals surface area contributed by atoms with Crippen LogP contribution in [0.3, 0.4) is 0 Å². The highest BCUT2D eigenvalue weighted by molar-refractivity contribution is 14.0. The minimum absolute atomic E-state index is 0. The van der Waals surface area contributed by atoms with Crippen molar-refractivity contribution in [2.75, 3.05) is 26.2 Å². The summed E-state index contributed by atoms with van der Waals surface area (Å²) in [6.07, 6.45) is 3.56. The number of nitrogens with two attached hydrogens (primary N) is 1. The molecule has 1 heterocycles. The quantitative estimate of drug-likeness (QED) is 0.380. The molecule has 1 atom stereocenters. The van der Waals surface area contributed by atoms with Crippen LogP contribution in [0.1, 0.15) is 42.9 Å². The van der Waals surface area contributed by atoms with E-state index in [0.29, 0.717) is 12.3 Å². The molecule has 146 valence electrons. The number of aliphatic imine (C=N–C) groups is 1. The summed E-state index contributed by atoms with van der Waals surface area (Å²) in [5.41, 5.74) is 9.31. The molecule has 2 rings (SSSR count). The number of halogens is 1. The SMILES string of the molecule is CCNC(=NCCc1cc(C)cc(C)c1)N1CCCC(CC(N)=O)C1.I. The number of aryl methyl sites for hydroxylation is 2. The molecule has 1 fully saturated rings. The van der Waals surface area contributed by atoms with Gasteiger partial charge in [-0.25, -0.2) is 0 Å². The predicted octanol–water partition coefficient (Wildman–Crippen LogP) is 3.02. The highest BCUT2D eigenvalue weighted by Gasteiger charge is 2.23. The van der Waals surface area contributed by atoms with Gasteiger partial charge in [0.05, 0.1) is 0 Å². The number of hydrogen-bond donors (Lipinski definition) is 2. The van der Waals surface area contributed by atoms with E-state index in [-0.39, 0.29) is 29.9 Å². The number of piperidine rings is 1. The van der Waals surface area contributed by atoms with Crippen molar-refractivity contribution in [3.05, 3.63) is 34.9 Å². The van der Waals surface area contributed by atoms with Crippen LogP contribution in [0.4, 0.5) is 0 Å². The molecule has 0 saturated carbocycles. The first-order chi connectivity index (χ1) is 12.0. The number of benzene rings is 1. The Labute approximate surface area is 174 Å². The highest BCUT2D eigenvalue weighted by Crippen LogP contribution is 2.19. The molecule has 0 aliphatic carbocycles. The van der Waals surface area contributed by atoms with E-state index < -0.39 is 0 Å². The van der Waals surface area contributed by atoms with E-state index in [1.54, 1.807) is 0 Å². The van der Waals surface area contributed by atoms with Gasteiger partial charge in [0.15, 0.2) is 5.96 Å². The summed E-state index contributed by atoms with van der Waals surface area (Å²) in [5.74, 6) is 1.10. The Bertz CT molecular complexity index is 598. The third-order valence-electron chi connectivity index (χ3n) is 4.59. The third kappa shape index (κ3) is 7.51. The Hall–Kier alpha value is -1.31. The van der Waals surface area contributed by atoms with Crippen LogP contribution in [0, 0.1) is 19.8 Å². The van der Waals surface area contributed by atoms with Crippen LogP contribution < -0.4 is 11.1 Å². The van der Waals surface area contributed by atoms with Crippen LogP contribution in [0.25, 0.3) is 0 Å². The summed E-state index contributed by atoms with van der Waals surface area (Å²) in [4.78, 5) is 18.3. The maximum absolute atomic E-state index is 11.2. The summed E-state index contributed by atoms with van der Waals surface area (Å²) < 4.78 is 0. The van der Waals surface area contributed by atoms with Crippen molar-refractivity contribution in [3.63, 3.8) is 0 Å². The number of primary amides is 1. The summed E-state index contributed by atoms with van der Waals surface area (Å²) in [6, 6.07) is 6.67. The first-order valence-electron chi connectivity index (χ1n) is 9.36. The van der Waals surface area contributed by atoms with E-state index in [0.717, 1.165) is 51.4 Å². The second-order valence-electron chi connectivity index (χ2n) is 7.11. The monoisotopic (exact) mass is 472 g/mol. The molecule has 0 radical (unpaired) electrons. The second kappa shape index (κ2) is 11.4. The Balaban J connectivity index is 0.00000338. The van der Waals surface area contributed by atoms with Gasteiger partial charge in [0.2, 0.25) is 5.91 Å². The second-order valence-corrected chi connectivity index (χ2v) is 7.11. The van der Waals surface area contributed by atoms with Crippen molar-refractivity contribution >= 4 is 35.8 Å². The summed E-state index contributed by atoms with van der Waals surface area (Å²) in [6.45, 7) is 9.82. The molecule has 1 unspecified atom stereocenters.